The molecule has 0 radical (unpaired) electrons. The van der Waals surface area contributed by atoms with Crippen molar-refractivity contribution in [3.8, 4) is 0 Å². The molecule has 1 aliphatic heterocycles. The Balaban J connectivity index is 1.68. The molecule has 0 saturated carbocycles. The van der Waals surface area contributed by atoms with Crippen LogP contribution in [-0.2, 0) is 21.2 Å². The fourth-order valence-electron chi connectivity index (χ4n) is 4.97. The van der Waals surface area contributed by atoms with Crippen LogP contribution >= 0.6 is 11.6 Å². The number of nitrogens with zero attached hydrogens (tertiary/aromatic N) is 1. The van der Waals surface area contributed by atoms with Crippen LogP contribution in [0.1, 0.15) is 43.6 Å². The first-order valence-corrected chi connectivity index (χ1v) is 13.6. The molecule has 194 valence electrons. The summed E-state index contributed by atoms with van der Waals surface area (Å²) >= 11 is 5.89. The summed E-state index contributed by atoms with van der Waals surface area (Å²) in [6.45, 7) is 12.2. The van der Waals surface area contributed by atoms with E-state index in [0.717, 1.165) is 5.56 Å². The fraction of sp³-hybridized carbons (Fsp3) is 0.407. The Kier molecular flexibility index (Phi) is 8.33. The van der Waals surface area contributed by atoms with Crippen molar-refractivity contribution in [1.29, 1.82) is 0 Å². The van der Waals surface area contributed by atoms with Gasteiger partial charge in [0.1, 0.15) is 0 Å². The van der Waals surface area contributed by atoms with Gasteiger partial charge in [0.2, 0.25) is 15.9 Å². The van der Waals surface area contributed by atoms with E-state index in [0.29, 0.717) is 23.6 Å². The van der Waals surface area contributed by atoms with Gasteiger partial charge in [0.05, 0.1) is 4.90 Å². The Labute approximate surface area is 219 Å². The lowest BCUT2D eigenvalue weighted by molar-refractivity contribution is -0.120. The number of amides is 2. The summed E-state index contributed by atoms with van der Waals surface area (Å²) in [5.74, 6) is -0.548. The molecule has 9 heteroatoms. The first-order chi connectivity index (χ1) is 16.8. The van der Waals surface area contributed by atoms with Gasteiger partial charge in [0.25, 0.3) is 5.91 Å². The van der Waals surface area contributed by atoms with Gasteiger partial charge in [0, 0.05) is 36.3 Å². The highest BCUT2D eigenvalue weighted by Gasteiger charge is 2.50. The van der Waals surface area contributed by atoms with Gasteiger partial charge < -0.3 is 10.6 Å². The molecule has 0 unspecified atom stereocenters. The number of benzene rings is 2. The van der Waals surface area contributed by atoms with Crippen molar-refractivity contribution in [3.05, 3.63) is 77.3 Å². The molecule has 1 heterocycles. The first kappa shape index (κ1) is 27.9. The van der Waals surface area contributed by atoms with Crippen LogP contribution in [0.5, 0.6) is 0 Å². The highest BCUT2D eigenvalue weighted by atomic mass is 35.5. The molecule has 0 bridgehead atoms. The third-order valence-electron chi connectivity index (χ3n) is 6.57. The zero-order chi connectivity index (χ0) is 26.7. The minimum atomic E-state index is -3.80. The van der Waals surface area contributed by atoms with Gasteiger partial charge >= 0.3 is 0 Å². The minimum Gasteiger partial charge on any atom is -0.352 e. The van der Waals surface area contributed by atoms with Crippen molar-refractivity contribution >= 4 is 33.4 Å². The Morgan fingerprint density at radius 2 is 1.58 bits per heavy atom. The number of carbonyl (C=O) groups is 2. The maximum Gasteiger partial charge on any atom is 0.251 e. The third-order valence-corrected chi connectivity index (χ3v) is 8.63. The number of piperidine rings is 1. The molecule has 36 heavy (non-hydrogen) atoms. The van der Waals surface area contributed by atoms with Gasteiger partial charge in [0.15, 0.2) is 0 Å². The van der Waals surface area contributed by atoms with Crippen LogP contribution in [0.15, 0.2) is 66.1 Å². The second-order valence-electron chi connectivity index (χ2n) is 10.6. The average Bonchev–Trinajstić information content (AvgIpc) is 2.82. The molecular formula is C27H34ClN3O4S. The third kappa shape index (κ3) is 6.35. The largest absolute Gasteiger partial charge is 0.352 e. The van der Waals surface area contributed by atoms with E-state index in [-0.39, 0.29) is 35.8 Å². The molecule has 7 nitrogen and oxygen atoms in total. The molecule has 1 saturated heterocycles. The molecule has 3 rings (SSSR count). The Bertz CT molecular complexity index is 1200. The number of nitrogens with one attached hydrogen (secondary N) is 2. The molecular weight excluding hydrogens is 498 g/mol. The van der Waals surface area contributed by atoms with Crippen molar-refractivity contribution < 1.29 is 18.0 Å². The van der Waals surface area contributed by atoms with Crippen LogP contribution in [0.3, 0.4) is 0 Å². The Morgan fingerprint density at radius 3 is 2.11 bits per heavy atom. The van der Waals surface area contributed by atoms with Crippen molar-refractivity contribution in [2.24, 2.45) is 10.8 Å². The molecule has 2 aromatic rings. The number of hydrogen-bond donors (Lipinski definition) is 2. The Hall–Kier alpha value is -2.68. The normalized spacial score (nSPS) is 17.8. The van der Waals surface area contributed by atoms with Crippen molar-refractivity contribution in [2.75, 3.05) is 19.6 Å². The monoisotopic (exact) mass is 531 g/mol. The highest BCUT2D eigenvalue weighted by molar-refractivity contribution is 7.89. The van der Waals surface area contributed by atoms with Gasteiger partial charge in [-0.1, -0.05) is 58.0 Å². The van der Waals surface area contributed by atoms with Gasteiger partial charge in [-0.2, -0.15) is 4.31 Å². The molecule has 0 atom stereocenters. The standard InChI is InChI=1S/C27H34ClN3O4S/c1-6-23(32)30-25-26(2,3)17-31(18-27(25,4)5)36(34,35)22-13-9-20(10-14-22)24(33)29-16-15-19-7-11-21(28)12-8-19/h6-14,25H,1,15-18H2,2-5H3,(H,29,33)(H,30,32). The van der Waals surface area contributed by atoms with Crippen LogP contribution in [-0.4, -0.2) is 50.2 Å². The maximum atomic E-state index is 13.5. The summed E-state index contributed by atoms with van der Waals surface area (Å²) < 4.78 is 28.5. The summed E-state index contributed by atoms with van der Waals surface area (Å²) in [4.78, 5) is 24.7. The van der Waals surface area contributed by atoms with E-state index in [1.807, 2.05) is 39.8 Å². The number of rotatable bonds is 8. The predicted octanol–water partition coefficient (Wildman–Crippen LogP) is 4.04. The van der Waals surface area contributed by atoms with E-state index >= 15 is 0 Å². The summed E-state index contributed by atoms with van der Waals surface area (Å²) in [7, 11) is -3.80. The van der Waals surface area contributed by atoms with Gasteiger partial charge in [-0.05, 0) is 65.3 Å². The summed E-state index contributed by atoms with van der Waals surface area (Å²) in [5.41, 5.74) is 0.408. The van der Waals surface area contributed by atoms with Crippen LogP contribution < -0.4 is 10.6 Å². The van der Waals surface area contributed by atoms with Crippen molar-refractivity contribution in [3.63, 3.8) is 0 Å². The van der Waals surface area contributed by atoms with Gasteiger partial charge in [-0.3, -0.25) is 9.59 Å². The molecule has 1 aliphatic rings. The van der Waals surface area contributed by atoms with Crippen LogP contribution in [0, 0.1) is 10.8 Å². The first-order valence-electron chi connectivity index (χ1n) is 11.8. The van der Waals surface area contributed by atoms with Gasteiger partial charge in [-0.25, -0.2) is 8.42 Å². The second-order valence-corrected chi connectivity index (χ2v) is 12.9. The van der Waals surface area contributed by atoms with Crippen LogP contribution in [0.25, 0.3) is 0 Å². The Morgan fingerprint density at radius 1 is 1.03 bits per heavy atom. The van der Waals surface area contributed by atoms with Crippen LogP contribution in [0.2, 0.25) is 5.02 Å². The molecule has 2 aromatic carbocycles. The fourth-order valence-corrected chi connectivity index (χ4v) is 6.88. The highest BCUT2D eigenvalue weighted by Crippen LogP contribution is 2.42. The summed E-state index contributed by atoms with van der Waals surface area (Å²) in [5, 5.41) is 6.50. The maximum absolute atomic E-state index is 13.5. The lowest BCUT2D eigenvalue weighted by atomic mass is 9.67. The number of sulfonamides is 1. The van der Waals surface area contributed by atoms with E-state index in [9.17, 15) is 18.0 Å². The van der Waals surface area contributed by atoms with Crippen molar-refractivity contribution in [1.82, 2.24) is 14.9 Å². The summed E-state index contributed by atoms with van der Waals surface area (Å²) in [6, 6.07) is 13.2. The SMILES string of the molecule is C=CC(=O)NC1C(C)(C)CN(S(=O)(=O)c2ccc(C(=O)NCCc3ccc(Cl)cc3)cc2)CC1(C)C. The lowest BCUT2D eigenvalue weighted by Gasteiger charge is -2.52. The lowest BCUT2D eigenvalue weighted by Crippen LogP contribution is -2.64. The van der Waals surface area contributed by atoms with Gasteiger partial charge in [-0.15, -0.1) is 0 Å². The molecule has 0 aliphatic carbocycles. The van der Waals surface area contributed by atoms with E-state index < -0.39 is 20.9 Å². The smallest absolute Gasteiger partial charge is 0.251 e. The molecule has 2 N–H and O–H groups in total. The topological polar surface area (TPSA) is 95.6 Å². The quantitative estimate of drug-likeness (QED) is 0.502. The van der Waals surface area contributed by atoms with E-state index in [2.05, 4.69) is 17.2 Å². The zero-order valence-electron chi connectivity index (χ0n) is 21.2. The average molecular weight is 532 g/mol. The second kappa shape index (κ2) is 10.7. The molecule has 2 amide bonds. The number of carbonyl (C=O) groups excluding carboxylic acids is 2. The summed E-state index contributed by atoms with van der Waals surface area (Å²) in [6.07, 6.45) is 1.88. The predicted molar refractivity (Wildman–Crippen MR) is 142 cm³/mol. The number of hydrogen-bond acceptors (Lipinski definition) is 4. The zero-order valence-corrected chi connectivity index (χ0v) is 22.7. The van der Waals surface area contributed by atoms with Crippen LogP contribution in [0.4, 0.5) is 0 Å². The van der Waals surface area contributed by atoms with Crippen molar-refractivity contribution in [2.45, 2.75) is 45.1 Å². The van der Waals surface area contributed by atoms with E-state index in [4.69, 9.17) is 11.6 Å². The minimum absolute atomic E-state index is 0.125. The molecule has 0 aromatic heterocycles. The molecule has 0 spiro atoms. The number of halogens is 1. The molecule has 1 fully saturated rings. The van der Waals surface area contributed by atoms with E-state index in [1.54, 1.807) is 12.1 Å². The van der Waals surface area contributed by atoms with E-state index in [1.165, 1.54) is 34.6 Å².